The number of nitrogen functional groups attached to an aromatic ring is 1. The number of carbonyl (C=O) groups is 1. The van der Waals surface area contributed by atoms with Gasteiger partial charge in [-0.1, -0.05) is 53.8 Å². The summed E-state index contributed by atoms with van der Waals surface area (Å²) in [5.41, 5.74) is 8.44. The van der Waals surface area contributed by atoms with Gasteiger partial charge in [-0.2, -0.15) is 0 Å². The molecule has 1 aromatic heterocycles. The standard InChI is InChI=1S/C18H18N4OS/c19-18-22-21-16(24-18)7-4-12-20-17(23)15-10-8-14(9-11-15)13-5-2-1-3-6-13/h1-3,5-6,8-11H,4,7,12H2,(H2,19,22)(H,20,23). The van der Waals surface area contributed by atoms with Crippen molar-refractivity contribution in [2.75, 3.05) is 12.3 Å². The van der Waals surface area contributed by atoms with Gasteiger partial charge in [-0.15, -0.1) is 10.2 Å². The van der Waals surface area contributed by atoms with Gasteiger partial charge in [0.25, 0.3) is 5.91 Å². The van der Waals surface area contributed by atoms with Crippen LogP contribution in [0.5, 0.6) is 0 Å². The minimum atomic E-state index is -0.0635. The van der Waals surface area contributed by atoms with Crippen molar-refractivity contribution in [2.24, 2.45) is 0 Å². The Morgan fingerprint density at radius 1 is 1.00 bits per heavy atom. The van der Waals surface area contributed by atoms with E-state index in [2.05, 4.69) is 27.6 Å². The predicted molar refractivity (Wildman–Crippen MR) is 96.9 cm³/mol. The third-order valence-corrected chi connectivity index (χ3v) is 4.40. The van der Waals surface area contributed by atoms with Gasteiger partial charge in [-0.25, -0.2) is 0 Å². The normalized spacial score (nSPS) is 10.5. The van der Waals surface area contributed by atoms with Gasteiger partial charge in [0.05, 0.1) is 0 Å². The molecule has 6 heteroatoms. The van der Waals surface area contributed by atoms with Crippen LogP contribution in [0.4, 0.5) is 5.13 Å². The second-order valence-electron chi connectivity index (χ2n) is 5.34. The smallest absolute Gasteiger partial charge is 0.251 e. The maximum atomic E-state index is 12.2. The van der Waals surface area contributed by atoms with Gasteiger partial charge in [-0.3, -0.25) is 4.79 Å². The number of nitrogens with one attached hydrogen (secondary N) is 1. The third-order valence-electron chi connectivity index (χ3n) is 3.59. The van der Waals surface area contributed by atoms with Crippen LogP contribution < -0.4 is 11.1 Å². The summed E-state index contributed by atoms with van der Waals surface area (Å²) >= 11 is 1.39. The van der Waals surface area contributed by atoms with E-state index in [1.165, 1.54) is 11.3 Å². The Morgan fingerprint density at radius 2 is 1.71 bits per heavy atom. The highest BCUT2D eigenvalue weighted by Crippen LogP contribution is 2.19. The first kappa shape index (κ1) is 16.1. The SMILES string of the molecule is Nc1nnc(CCCNC(=O)c2ccc(-c3ccccc3)cc2)s1. The first-order valence-electron chi connectivity index (χ1n) is 7.74. The number of aryl methyl sites for hydroxylation is 1. The molecule has 5 nitrogen and oxygen atoms in total. The monoisotopic (exact) mass is 338 g/mol. The molecule has 0 unspecified atom stereocenters. The Morgan fingerprint density at radius 3 is 2.38 bits per heavy atom. The molecule has 3 N–H and O–H groups in total. The molecular formula is C18H18N4OS. The van der Waals surface area contributed by atoms with Crippen molar-refractivity contribution in [1.29, 1.82) is 0 Å². The van der Waals surface area contributed by atoms with Crippen LogP contribution in [-0.2, 0) is 6.42 Å². The average molecular weight is 338 g/mol. The quantitative estimate of drug-likeness (QED) is 0.677. The third kappa shape index (κ3) is 4.17. The van der Waals surface area contributed by atoms with Crippen molar-refractivity contribution < 1.29 is 4.79 Å². The number of hydrogen-bond donors (Lipinski definition) is 2. The molecule has 0 spiro atoms. The van der Waals surface area contributed by atoms with Crippen LogP contribution in [0.1, 0.15) is 21.8 Å². The lowest BCUT2D eigenvalue weighted by Gasteiger charge is -2.06. The molecule has 3 aromatic rings. The molecular weight excluding hydrogens is 320 g/mol. The van der Waals surface area contributed by atoms with Crippen molar-refractivity contribution in [2.45, 2.75) is 12.8 Å². The molecule has 0 bridgehead atoms. The number of carbonyl (C=O) groups excluding carboxylic acids is 1. The predicted octanol–water partition coefficient (Wildman–Crippen LogP) is 3.15. The lowest BCUT2D eigenvalue weighted by atomic mass is 10.0. The Hall–Kier alpha value is -2.73. The van der Waals surface area contributed by atoms with Gasteiger partial charge < -0.3 is 11.1 Å². The molecule has 1 heterocycles. The summed E-state index contributed by atoms with van der Waals surface area (Å²) in [6, 6.07) is 17.7. The van der Waals surface area contributed by atoms with Crippen LogP contribution in [0.3, 0.4) is 0 Å². The Kier molecular flexibility index (Phi) is 5.18. The van der Waals surface area contributed by atoms with E-state index < -0.39 is 0 Å². The van der Waals surface area contributed by atoms with E-state index in [4.69, 9.17) is 5.73 Å². The molecule has 0 aliphatic heterocycles. The highest BCUT2D eigenvalue weighted by Gasteiger charge is 2.06. The summed E-state index contributed by atoms with van der Waals surface area (Å²) in [7, 11) is 0. The Balaban J connectivity index is 1.50. The molecule has 122 valence electrons. The number of amides is 1. The van der Waals surface area contributed by atoms with Crippen molar-refractivity contribution >= 4 is 22.4 Å². The molecule has 0 aliphatic carbocycles. The summed E-state index contributed by atoms with van der Waals surface area (Å²) in [5, 5.41) is 12.0. The number of hydrogen-bond acceptors (Lipinski definition) is 5. The zero-order chi connectivity index (χ0) is 16.8. The Labute approximate surface area is 144 Å². The molecule has 0 radical (unpaired) electrons. The van der Waals surface area contributed by atoms with Crippen molar-refractivity contribution in [3.05, 3.63) is 65.2 Å². The summed E-state index contributed by atoms with van der Waals surface area (Å²) in [4.78, 5) is 12.2. The zero-order valence-electron chi connectivity index (χ0n) is 13.1. The van der Waals surface area contributed by atoms with Gasteiger partial charge >= 0.3 is 0 Å². The first-order valence-corrected chi connectivity index (χ1v) is 8.55. The number of benzene rings is 2. The maximum Gasteiger partial charge on any atom is 0.251 e. The maximum absolute atomic E-state index is 12.2. The fourth-order valence-electron chi connectivity index (χ4n) is 2.36. The summed E-state index contributed by atoms with van der Waals surface area (Å²) in [6.45, 7) is 0.596. The van der Waals surface area contributed by atoms with Gasteiger partial charge in [0.15, 0.2) is 0 Å². The van der Waals surface area contributed by atoms with Crippen LogP contribution >= 0.6 is 11.3 Å². The molecule has 2 aromatic carbocycles. The van der Waals surface area contributed by atoms with E-state index in [-0.39, 0.29) is 5.91 Å². The van der Waals surface area contributed by atoms with Gasteiger partial charge in [0.1, 0.15) is 5.01 Å². The van der Waals surface area contributed by atoms with Crippen LogP contribution in [0.15, 0.2) is 54.6 Å². The minimum Gasteiger partial charge on any atom is -0.374 e. The number of nitrogens with zero attached hydrogens (tertiary/aromatic N) is 2. The summed E-state index contributed by atoms with van der Waals surface area (Å²) in [5.74, 6) is -0.0635. The molecule has 0 saturated heterocycles. The van der Waals surface area contributed by atoms with Crippen molar-refractivity contribution in [3.8, 4) is 11.1 Å². The van der Waals surface area contributed by atoms with Gasteiger partial charge in [0, 0.05) is 18.5 Å². The first-order chi connectivity index (χ1) is 11.7. The topological polar surface area (TPSA) is 80.9 Å². The van der Waals surface area contributed by atoms with Crippen LogP contribution in [0.25, 0.3) is 11.1 Å². The van der Waals surface area contributed by atoms with Gasteiger partial charge in [0.2, 0.25) is 5.13 Å². The van der Waals surface area contributed by atoms with Crippen molar-refractivity contribution in [3.63, 3.8) is 0 Å². The lowest BCUT2D eigenvalue weighted by molar-refractivity contribution is 0.0953. The number of rotatable bonds is 6. The van der Waals surface area contributed by atoms with Crippen LogP contribution in [0.2, 0.25) is 0 Å². The second kappa shape index (κ2) is 7.70. The highest BCUT2D eigenvalue weighted by atomic mass is 32.1. The molecule has 0 saturated carbocycles. The fraction of sp³-hybridized carbons (Fsp3) is 0.167. The van der Waals surface area contributed by atoms with Gasteiger partial charge in [-0.05, 0) is 29.7 Å². The molecule has 0 atom stereocenters. The average Bonchev–Trinajstić information content (AvgIpc) is 3.05. The number of anilines is 1. The fourth-order valence-corrected chi connectivity index (χ4v) is 3.01. The van der Waals surface area contributed by atoms with E-state index in [0.717, 1.165) is 29.0 Å². The van der Waals surface area contributed by atoms with Crippen LogP contribution in [0, 0.1) is 0 Å². The van der Waals surface area contributed by atoms with E-state index in [1.54, 1.807) is 0 Å². The largest absolute Gasteiger partial charge is 0.374 e. The number of nitrogens with two attached hydrogens (primary N) is 1. The zero-order valence-corrected chi connectivity index (χ0v) is 13.9. The minimum absolute atomic E-state index is 0.0635. The van der Waals surface area contributed by atoms with E-state index >= 15 is 0 Å². The van der Waals surface area contributed by atoms with Crippen LogP contribution in [-0.4, -0.2) is 22.6 Å². The van der Waals surface area contributed by atoms with E-state index in [1.807, 2.05) is 42.5 Å². The van der Waals surface area contributed by atoms with Crippen molar-refractivity contribution in [1.82, 2.24) is 15.5 Å². The number of aromatic nitrogens is 2. The van der Waals surface area contributed by atoms with E-state index in [9.17, 15) is 4.79 Å². The summed E-state index contributed by atoms with van der Waals surface area (Å²) < 4.78 is 0. The summed E-state index contributed by atoms with van der Waals surface area (Å²) in [6.07, 6.45) is 1.57. The molecule has 0 fully saturated rings. The highest BCUT2D eigenvalue weighted by molar-refractivity contribution is 7.15. The molecule has 3 rings (SSSR count). The molecule has 24 heavy (non-hydrogen) atoms. The molecule has 0 aliphatic rings. The second-order valence-corrected chi connectivity index (χ2v) is 6.43. The Bertz CT molecular complexity index is 799. The van der Waals surface area contributed by atoms with E-state index in [0.29, 0.717) is 17.2 Å². The molecule has 1 amide bonds. The lowest BCUT2D eigenvalue weighted by Crippen LogP contribution is -2.24.